The number of aliphatic imine (C=N–C) groups is 1. The summed E-state index contributed by atoms with van der Waals surface area (Å²) in [5.41, 5.74) is 1.24. The Morgan fingerprint density at radius 3 is 2.69 bits per heavy atom. The Morgan fingerprint density at radius 1 is 1.31 bits per heavy atom. The zero-order chi connectivity index (χ0) is 17.9. The maximum atomic E-state index is 5.73. The van der Waals surface area contributed by atoms with Gasteiger partial charge in [0.2, 0.25) is 0 Å². The van der Waals surface area contributed by atoms with Crippen LogP contribution in [0.2, 0.25) is 0 Å². The predicted molar refractivity (Wildman–Crippen MR) is 119 cm³/mol. The van der Waals surface area contributed by atoms with Gasteiger partial charge in [-0.3, -0.25) is 9.89 Å². The quantitative estimate of drug-likeness (QED) is 0.174. The molecule has 1 atom stereocenters. The number of nitrogens with zero attached hydrogens (tertiary/aromatic N) is 2. The van der Waals surface area contributed by atoms with Gasteiger partial charge < -0.3 is 20.1 Å². The van der Waals surface area contributed by atoms with Crippen molar-refractivity contribution in [1.29, 1.82) is 0 Å². The lowest BCUT2D eigenvalue weighted by Crippen LogP contribution is -2.49. The number of ether oxygens (including phenoxy) is 2. The van der Waals surface area contributed by atoms with Gasteiger partial charge in [-0.15, -0.1) is 24.0 Å². The monoisotopic (exact) mass is 480 g/mol. The van der Waals surface area contributed by atoms with E-state index in [0.29, 0.717) is 12.0 Å². The molecule has 0 aromatic heterocycles. The maximum absolute atomic E-state index is 5.73. The first kappa shape index (κ1) is 23.7. The lowest BCUT2D eigenvalue weighted by molar-refractivity contribution is 0.0888. The largest absolute Gasteiger partial charge is 0.381 e. The molecule has 2 heterocycles. The van der Waals surface area contributed by atoms with E-state index >= 15 is 0 Å². The molecule has 0 radical (unpaired) electrons. The highest BCUT2D eigenvalue weighted by Gasteiger charge is 2.19. The SMILES string of the molecule is C=C(C)CN1CCC(NC(=NC)NCCCOCC2CCOC2)CC1.I. The lowest BCUT2D eigenvalue weighted by Gasteiger charge is -2.33. The van der Waals surface area contributed by atoms with Crippen LogP contribution >= 0.6 is 24.0 Å². The van der Waals surface area contributed by atoms with Crippen LogP contribution in [0, 0.1) is 5.92 Å². The van der Waals surface area contributed by atoms with Gasteiger partial charge in [-0.25, -0.2) is 0 Å². The van der Waals surface area contributed by atoms with E-state index in [4.69, 9.17) is 9.47 Å². The number of guanidine groups is 1. The fraction of sp³-hybridized carbons (Fsp3) is 0.842. The van der Waals surface area contributed by atoms with E-state index < -0.39 is 0 Å². The highest BCUT2D eigenvalue weighted by atomic mass is 127. The Bertz CT molecular complexity index is 420. The van der Waals surface area contributed by atoms with Crippen LogP contribution in [-0.2, 0) is 9.47 Å². The van der Waals surface area contributed by atoms with Crippen LogP contribution in [0.25, 0.3) is 0 Å². The summed E-state index contributed by atoms with van der Waals surface area (Å²) in [7, 11) is 1.84. The van der Waals surface area contributed by atoms with Crippen LogP contribution < -0.4 is 10.6 Å². The van der Waals surface area contributed by atoms with Crippen LogP contribution in [0.4, 0.5) is 0 Å². The van der Waals surface area contributed by atoms with E-state index in [1.165, 1.54) is 5.57 Å². The van der Waals surface area contributed by atoms with E-state index in [0.717, 1.165) is 84.2 Å². The summed E-state index contributed by atoms with van der Waals surface area (Å²) in [6, 6.07) is 0.506. The molecule has 2 saturated heterocycles. The number of hydrogen-bond acceptors (Lipinski definition) is 4. The lowest BCUT2D eigenvalue weighted by atomic mass is 10.0. The number of rotatable bonds is 9. The summed E-state index contributed by atoms with van der Waals surface area (Å²) in [4.78, 5) is 6.82. The van der Waals surface area contributed by atoms with Crippen molar-refractivity contribution < 1.29 is 9.47 Å². The van der Waals surface area contributed by atoms with Crippen molar-refractivity contribution in [3.8, 4) is 0 Å². The molecule has 152 valence electrons. The molecule has 0 aromatic carbocycles. The Hall–Kier alpha value is -0.380. The molecule has 0 bridgehead atoms. The minimum Gasteiger partial charge on any atom is -0.381 e. The first-order chi connectivity index (χ1) is 12.2. The zero-order valence-electron chi connectivity index (χ0n) is 16.5. The van der Waals surface area contributed by atoms with Crippen LogP contribution in [0.5, 0.6) is 0 Å². The Morgan fingerprint density at radius 2 is 2.08 bits per heavy atom. The molecule has 2 aliphatic heterocycles. The fourth-order valence-electron chi connectivity index (χ4n) is 3.35. The summed E-state index contributed by atoms with van der Waals surface area (Å²) in [6.45, 7) is 13.6. The van der Waals surface area contributed by atoms with E-state index in [-0.39, 0.29) is 24.0 Å². The summed E-state index contributed by atoms with van der Waals surface area (Å²) < 4.78 is 11.1. The minimum atomic E-state index is 0. The smallest absolute Gasteiger partial charge is 0.191 e. The molecular weight excluding hydrogens is 443 g/mol. The second kappa shape index (κ2) is 13.7. The van der Waals surface area contributed by atoms with E-state index in [9.17, 15) is 0 Å². The topological polar surface area (TPSA) is 58.1 Å². The molecule has 0 spiro atoms. The second-order valence-corrected chi connectivity index (χ2v) is 7.31. The summed E-state index contributed by atoms with van der Waals surface area (Å²) in [6.07, 6.45) is 4.44. The van der Waals surface area contributed by atoms with Gasteiger partial charge in [0.1, 0.15) is 0 Å². The Kier molecular flexibility index (Phi) is 12.5. The van der Waals surface area contributed by atoms with Crippen molar-refractivity contribution in [2.24, 2.45) is 10.9 Å². The van der Waals surface area contributed by atoms with E-state index in [1.807, 2.05) is 7.05 Å². The van der Waals surface area contributed by atoms with Gasteiger partial charge in [-0.2, -0.15) is 0 Å². The van der Waals surface area contributed by atoms with Crippen molar-refractivity contribution >= 4 is 29.9 Å². The first-order valence-corrected chi connectivity index (χ1v) is 9.66. The number of halogens is 1. The van der Waals surface area contributed by atoms with Gasteiger partial charge in [0.05, 0.1) is 13.2 Å². The van der Waals surface area contributed by atoms with E-state index in [2.05, 4.69) is 34.0 Å². The number of piperidine rings is 1. The minimum absolute atomic E-state index is 0. The highest BCUT2D eigenvalue weighted by molar-refractivity contribution is 14.0. The maximum Gasteiger partial charge on any atom is 0.191 e. The van der Waals surface area contributed by atoms with Crippen molar-refractivity contribution in [3.63, 3.8) is 0 Å². The van der Waals surface area contributed by atoms with Gasteiger partial charge in [0, 0.05) is 58.4 Å². The molecule has 26 heavy (non-hydrogen) atoms. The van der Waals surface area contributed by atoms with E-state index in [1.54, 1.807) is 0 Å². The number of nitrogens with one attached hydrogen (secondary N) is 2. The summed E-state index contributed by atoms with van der Waals surface area (Å²) >= 11 is 0. The third kappa shape index (κ3) is 9.53. The average molecular weight is 480 g/mol. The zero-order valence-corrected chi connectivity index (χ0v) is 18.8. The van der Waals surface area contributed by atoms with Gasteiger partial charge in [-0.05, 0) is 32.6 Å². The van der Waals surface area contributed by atoms with Crippen molar-refractivity contribution in [2.45, 2.75) is 38.6 Å². The van der Waals surface area contributed by atoms with Crippen LogP contribution in [0.1, 0.15) is 32.6 Å². The van der Waals surface area contributed by atoms with Gasteiger partial charge in [0.25, 0.3) is 0 Å². The average Bonchev–Trinajstić information content (AvgIpc) is 3.11. The molecule has 2 aliphatic rings. The molecule has 6 nitrogen and oxygen atoms in total. The van der Waals surface area contributed by atoms with Gasteiger partial charge in [-0.1, -0.05) is 12.2 Å². The molecule has 0 aromatic rings. The molecule has 2 fully saturated rings. The third-order valence-electron chi connectivity index (χ3n) is 4.78. The molecule has 0 aliphatic carbocycles. The number of likely N-dealkylation sites (tertiary alicyclic amines) is 1. The van der Waals surface area contributed by atoms with Crippen LogP contribution in [0.3, 0.4) is 0 Å². The summed E-state index contributed by atoms with van der Waals surface area (Å²) in [5.74, 6) is 1.50. The predicted octanol–water partition coefficient (Wildman–Crippen LogP) is 2.25. The van der Waals surface area contributed by atoms with Crippen LogP contribution in [-0.4, -0.2) is 76.6 Å². The fourth-order valence-corrected chi connectivity index (χ4v) is 3.35. The third-order valence-corrected chi connectivity index (χ3v) is 4.78. The van der Waals surface area contributed by atoms with Crippen molar-refractivity contribution in [1.82, 2.24) is 15.5 Å². The van der Waals surface area contributed by atoms with Gasteiger partial charge >= 0.3 is 0 Å². The Balaban J connectivity index is 0.00000338. The summed E-state index contributed by atoms with van der Waals surface area (Å²) in [5, 5.41) is 6.94. The second-order valence-electron chi connectivity index (χ2n) is 7.31. The molecular formula is C19H37IN4O2. The molecule has 1 unspecified atom stereocenters. The van der Waals surface area contributed by atoms with Crippen molar-refractivity contribution in [3.05, 3.63) is 12.2 Å². The Labute approximate surface area is 176 Å². The molecule has 2 N–H and O–H groups in total. The molecule has 0 amide bonds. The van der Waals surface area contributed by atoms with Crippen LogP contribution in [0.15, 0.2) is 17.1 Å². The molecule has 2 rings (SSSR count). The molecule has 7 heteroatoms. The molecule has 0 saturated carbocycles. The number of hydrogen-bond donors (Lipinski definition) is 2. The normalized spacial score (nSPS) is 22.1. The standard InChI is InChI=1S/C19H36N4O2.HI/c1-16(2)13-23-9-5-18(6-10-23)22-19(20-3)21-8-4-11-24-14-17-7-12-25-15-17;/h17-18H,1,4-15H2,2-3H3,(H2,20,21,22);1H. The van der Waals surface area contributed by atoms with Gasteiger partial charge in [0.15, 0.2) is 5.96 Å². The highest BCUT2D eigenvalue weighted by Crippen LogP contribution is 2.12. The van der Waals surface area contributed by atoms with Crippen molar-refractivity contribution in [2.75, 3.05) is 59.7 Å². The first-order valence-electron chi connectivity index (χ1n) is 9.66.